The highest BCUT2D eigenvalue weighted by atomic mass is 15.2. The van der Waals surface area contributed by atoms with Crippen LogP contribution in [0.1, 0.15) is 113 Å². The second-order valence-electron chi connectivity index (χ2n) is 23.5. The molecule has 0 saturated heterocycles. The molecule has 0 aliphatic heterocycles. The van der Waals surface area contributed by atoms with Crippen molar-refractivity contribution in [2.75, 3.05) is 9.80 Å². The van der Waals surface area contributed by atoms with E-state index in [-0.39, 0.29) is 27.7 Å². The molecule has 0 radical (unpaired) electrons. The van der Waals surface area contributed by atoms with E-state index in [0.29, 0.717) is 5.92 Å². The van der Waals surface area contributed by atoms with Crippen LogP contribution in [0.15, 0.2) is 182 Å². The monoisotopic (exact) mass is 893 g/mol. The quantitative estimate of drug-likeness (QED) is 0.0852. The van der Waals surface area contributed by atoms with E-state index in [1.807, 2.05) is 0 Å². The van der Waals surface area contributed by atoms with Gasteiger partial charge in [-0.25, -0.2) is 0 Å². The van der Waals surface area contributed by atoms with Crippen molar-refractivity contribution in [3.8, 4) is 22.3 Å². The number of benzene rings is 8. The van der Waals surface area contributed by atoms with E-state index >= 15 is 0 Å². The normalized spacial score (nSPS) is 15.8. The summed E-state index contributed by atoms with van der Waals surface area (Å²) in [5, 5.41) is 4.88. The summed E-state index contributed by atoms with van der Waals surface area (Å²) in [5.74, 6) is 0.515. The molecule has 8 aromatic carbocycles. The summed E-state index contributed by atoms with van der Waals surface area (Å²) in [5.41, 5.74) is 14.9. The average Bonchev–Trinajstić information content (AvgIpc) is 3.32. The average molecular weight is 893 g/mol. The van der Waals surface area contributed by atoms with E-state index in [1.54, 1.807) is 0 Å². The number of allylic oxidation sites excluding steroid dienone is 1. The highest BCUT2D eigenvalue weighted by Gasteiger charge is 2.33. The van der Waals surface area contributed by atoms with Gasteiger partial charge in [-0.15, -0.1) is 0 Å². The Morgan fingerprint density at radius 3 is 1.13 bits per heavy atom. The van der Waals surface area contributed by atoms with Crippen molar-refractivity contribution >= 4 is 50.0 Å². The summed E-state index contributed by atoms with van der Waals surface area (Å²) >= 11 is 0. The number of hydrogen-bond acceptors (Lipinski definition) is 2. The third kappa shape index (κ3) is 9.40. The fraction of sp³-hybridized carbons (Fsp3) is 0.303. The standard InChI is InChI=1S/C66H72N2/c1-63(2,3)49-25-33-53(34-26-49)67(54-35-27-50(28-36-54)64(4,5)6)61-57-41-23-48(46-21-17-14-18-22-46)44-60(57)62(58-42-24-47(43-59(58)61)45-19-15-13-16-20-45)68(55-37-29-51(30-38-55)65(7,8)9)56-39-31-52(32-40-56)66(10,11)12/h13-31,33-39,41-44,52,56H,32,40H2,1-12H3. The molecule has 0 amide bonds. The topological polar surface area (TPSA) is 6.48 Å². The second kappa shape index (κ2) is 17.9. The SMILES string of the molecule is CC(C)(C)c1ccc(N(c2ccc(C(C)(C)C)cc2)c2c3cc(-c4ccccc4)ccc3c(N(c3ccc(C(C)(C)C)cc3)C3C=CC(C(C)(C)C)CC3)c3cc(-c4ccccc4)ccc23)cc1. The maximum Gasteiger partial charge on any atom is 0.0620 e. The number of rotatable bonds is 8. The molecule has 1 aliphatic carbocycles. The van der Waals surface area contributed by atoms with Crippen LogP contribution < -0.4 is 9.80 Å². The van der Waals surface area contributed by atoms with E-state index in [0.717, 1.165) is 24.2 Å². The van der Waals surface area contributed by atoms with Crippen LogP contribution in [0.5, 0.6) is 0 Å². The molecule has 8 aromatic rings. The van der Waals surface area contributed by atoms with Gasteiger partial charge in [-0.1, -0.05) is 217 Å². The first kappa shape index (κ1) is 46.7. The largest absolute Gasteiger partial charge is 0.333 e. The van der Waals surface area contributed by atoms with Crippen LogP contribution >= 0.6 is 0 Å². The van der Waals surface area contributed by atoms with Crippen LogP contribution in [0.4, 0.5) is 28.4 Å². The van der Waals surface area contributed by atoms with Crippen molar-refractivity contribution in [3.63, 3.8) is 0 Å². The summed E-state index contributed by atoms with van der Waals surface area (Å²) in [6.45, 7) is 27.9. The molecule has 0 spiro atoms. The molecule has 0 heterocycles. The molecule has 0 saturated carbocycles. The van der Waals surface area contributed by atoms with Gasteiger partial charge in [-0.3, -0.25) is 0 Å². The molecule has 1 aliphatic rings. The van der Waals surface area contributed by atoms with Gasteiger partial charge >= 0.3 is 0 Å². The van der Waals surface area contributed by atoms with Crippen molar-refractivity contribution in [1.29, 1.82) is 0 Å². The third-order valence-corrected chi connectivity index (χ3v) is 14.5. The van der Waals surface area contributed by atoms with Crippen LogP contribution in [0, 0.1) is 11.3 Å². The summed E-state index contributed by atoms with van der Waals surface area (Å²) in [6.07, 6.45) is 7.24. The van der Waals surface area contributed by atoms with Gasteiger partial charge in [0.05, 0.1) is 17.4 Å². The summed E-state index contributed by atoms with van der Waals surface area (Å²) in [6, 6.07) is 64.6. The Labute approximate surface area is 408 Å². The van der Waals surface area contributed by atoms with Crippen LogP contribution in [-0.2, 0) is 16.2 Å². The molecule has 2 unspecified atom stereocenters. The lowest BCUT2D eigenvalue weighted by molar-refractivity contribution is 0.262. The Bertz CT molecular complexity index is 3000. The first-order chi connectivity index (χ1) is 32.3. The Morgan fingerprint density at radius 1 is 0.353 bits per heavy atom. The van der Waals surface area contributed by atoms with Crippen molar-refractivity contribution in [1.82, 2.24) is 0 Å². The molecule has 9 rings (SSSR count). The molecule has 2 heteroatoms. The third-order valence-electron chi connectivity index (χ3n) is 14.5. The zero-order valence-corrected chi connectivity index (χ0v) is 42.8. The molecular weight excluding hydrogens is 821 g/mol. The minimum Gasteiger partial charge on any atom is -0.333 e. The van der Waals surface area contributed by atoms with Gasteiger partial charge in [0.15, 0.2) is 0 Å². The van der Waals surface area contributed by atoms with Crippen LogP contribution in [0.3, 0.4) is 0 Å². The molecule has 2 nitrogen and oxygen atoms in total. The van der Waals surface area contributed by atoms with Crippen molar-refractivity contribution in [2.24, 2.45) is 11.3 Å². The molecule has 0 bridgehead atoms. The lowest BCUT2D eigenvalue weighted by Gasteiger charge is -2.40. The van der Waals surface area contributed by atoms with Crippen molar-refractivity contribution < 1.29 is 0 Å². The molecule has 346 valence electrons. The minimum atomic E-state index is 0.0200. The van der Waals surface area contributed by atoms with Gasteiger partial charge in [0.1, 0.15) is 0 Å². The lowest BCUT2D eigenvalue weighted by Crippen LogP contribution is -2.34. The molecule has 2 atom stereocenters. The van der Waals surface area contributed by atoms with Crippen molar-refractivity contribution in [3.05, 3.63) is 199 Å². The first-order valence-corrected chi connectivity index (χ1v) is 25.0. The second-order valence-corrected chi connectivity index (χ2v) is 23.5. The van der Waals surface area contributed by atoms with E-state index in [4.69, 9.17) is 0 Å². The summed E-state index contributed by atoms with van der Waals surface area (Å²) in [7, 11) is 0. The minimum absolute atomic E-state index is 0.0200. The van der Waals surface area contributed by atoms with Gasteiger partial charge in [-0.2, -0.15) is 0 Å². The maximum absolute atomic E-state index is 2.70. The summed E-state index contributed by atoms with van der Waals surface area (Å²) in [4.78, 5) is 5.25. The number of nitrogens with zero attached hydrogens (tertiary/aromatic N) is 2. The fourth-order valence-corrected chi connectivity index (χ4v) is 10.3. The zero-order chi connectivity index (χ0) is 48.2. The zero-order valence-electron chi connectivity index (χ0n) is 42.8. The number of hydrogen-bond donors (Lipinski definition) is 0. The predicted molar refractivity (Wildman–Crippen MR) is 297 cm³/mol. The highest BCUT2D eigenvalue weighted by Crippen LogP contribution is 2.52. The van der Waals surface area contributed by atoms with Crippen LogP contribution in [0.2, 0.25) is 0 Å². The molecular formula is C66H72N2. The van der Waals surface area contributed by atoms with Crippen molar-refractivity contribution in [2.45, 2.75) is 118 Å². The van der Waals surface area contributed by atoms with Gasteiger partial charge < -0.3 is 9.80 Å². The Kier molecular flexibility index (Phi) is 12.3. The number of anilines is 5. The van der Waals surface area contributed by atoms with E-state index < -0.39 is 0 Å². The Morgan fingerprint density at radius 2 is 0.750 bits per heavy atom. The first-order valence-electron chi connectivity index (χ1n) is 25.0. The van der Waals surface area contributed by atoms with Gasteiger partial charge in [0.2, 0.25) is 0 Å². The van der Waals surface area contributed by atoms with Gasteiger partial charge in [0.25, 0.3) is 0 Å². The molecule has 0 N–H and O–H groups in total. The van der Waals surface area contributed by atoms with Gasteiger partial charge in [-0.05, 0) is 128 Å². The maximum atomic E-state index is 2.70. The van der Waals surface area contributed by atoms with Crippen LogP contribution in [-0.4, -0.2) is 6.04 Å². The summed E-state index contributed by atoms with van der Waals surface area (Å²) < 4.78 is 0. The van der Waals surface area contributed by atoms with Crippen LogP contribution in [0.25, 0.3) is 43.8 Å². The van der Waals surface area contributed by atoms with E-state index in [9.17, 15) is 0 Å². The molecule has 0 aromatic heterocycles. The van der Waals surface area contributed by atoms with E-state index in [1.165, 1.54) is 77.6 Å². The Balaban J connectivity index is 1.43. The number of fused-ring (bicyclic) bond motifs is 2. The van der Waals surface area contributed by atoms with Gasteiger partial charge in [0, 0.05) is 38.6 Å². The van der Waals surface area contributed by atoms with E-state index in [2.05, 4.69) is 275 Å². The lowest BCUT2D eigenvalue weighted by atomic mass is 9.74. The molecule has 68 heavy (non-hydrogen) atoms. The smallest absolute Gasteiger partial charge is 0.0620 e. The fourth-order valence-electron chi connectivity index (χ4n) is 10.3. The molecule has 0 fully saturated rings. The Hall–Kier alpha value is -6.38. The predicted octanol–water partition coefficient (Wildman–Crippen LogP) is 19.2. The highest BCUT2D eigenvalue weighted by molar-refractivity contribution is 6.23.